The quantitative estimate of drug-likeness (QED) is 0.801. The first-order chi connectivity index (χ1) is 8.28. The van der Waals surface area contributed by atoms with Crippen LogP contribution in [-0.4, -0.2) is 11.1 Å². The van der Waals surface area contributed by atoms with Crippen molar-refractivity contribution >= 4 is 27.3 Å². The summed E-state index contributed by atoms with van der Waals surface area (Å²) in [6, 6.07) is 6.46. The number of hydrogen-bond donors (Lipinski definition) is 1. The van der Waals surface area contributed by atoms with Crippen LogP contribution < -0.4 is 5.32 Å². The summed E-state index contributed by atoms with van der Waals surface area (Å²) in [7, 11) is 0. The van der Waals surface area contributed by atoms with Crippen LogP contribution in [0.25, 0.3) is 0 Å². The minimum absolute atomic E-state index is 0.962. The van der Waals surface area contributed by atoms with Gasteiger partial charge < -0.3 is 9.88 Å². The Labute approximate surface area is 115 Å². The van der Waals surface area contributed by atoms with Gasteiger partial charge in [0.2, 0.25) is 0 Å². The Morgan fingerprint density at radius 1 is 1.35 bits per heavy atom. The third kappa shape index (κ3) is 3.98. The second-order valence-corrected chi connectivity index (χ2v) is 6.62. The lowest BCUT2D eigenvalue weighted by molar-refractivity contribution is 0.673. The van der Waals surface area contributed by atoms with Crippen molar-refractivity contribution in [1.29, 1.82) is 0 Å². The molecule has 0 aliphatic heterocycles. The van der Waals surface area contributed by atoms with Crippen molar-refractivity contribution in [2.24, 2.45) is 0 Å². The van der Waals surface area contributed by atoms with Crippen LogP contribution in [0, 0.1) is 0 Å². The van der Waals surface area contributed by atoms with Crippen LogP contribution in [0.5, 0.6) is 0 Å². The summed E-state index contributed by atoms with van der Waals surface area (Å²) in [5.41, 5.74) is 1.36. The first-order valence-electron chi connectivity index (χ1n) is 5.87. The lowest BCUT2D eigenvalue weighted by Gasteiger charge is -2.01. The van der Waals surface area contributed by atoms with Gasteiger partial charge in [-0.1, -0.05) is 6.92 Å². The maximum absolute atomic E-state index is 3.49. The highest BCUT2D eigenvalue weighted by Gasteiger charge is 2.00. The van der Waals surface area contributed by atoms with Gasteiger partial charge in [-0.2, -0.15) is 0 Å². The number of halogens is 1. The van der Waals surface area contributed by atoms with Crippen LogP contribution in [0.3, 0.4) is 0 Å². The van der Waals surface area contributed by atoms with E-state index in [0.717, 1.165) is 19.6 Å². The monoisotopic (exact) mass is 312 g/mol. The zero-order valence-electron chi connectivity index (χ0n) is 9.95. The summed E-state index contributed by atoms with van der Waals surface area (Å²) in [6.45, 7) is 5.20. The molecule has 0 saturated carbocycles. The topological polar surface area (TPSA) is 17.0 Å². The van der Waals surface area contributed by atoms with E-state index in [-0.39, 0.29) is 0 Å². The van der Waals surface area contributed by atoms with Crippen LogP contribution in [0.4, 0.5) is 0 Å². The van der Waals surface area contributed by atoms with Crippen molar-refractivity contribution in [2.45, 2.75) is 26.4 Å². The average Bonchev–Trinajstić information content (AvgIpc) is 2.90. The zero-order chi connectivity index (χ0) is 12.1. The Bertz CT molecular complexity index is 461. The van der Waals surface area contributed by atoms with Crippen molar-refractivity contribution in [2.75, 3.05) is 6.54 Å². The molecular weight excluding hydrogens is 296 g/mol. The molecule has 4 heteroatoms. The summed E-state index contributed by atoms with van der Waals surface area (Å²) in [6.07, 6.45) is 5.55. The van der Waals surface area contributed by atoms with Gasteiger partial charge in [0.05, 0.1) is 10.3 Å². The highest BCUT2D eigenvalue weighted by molar-refractivity contribution is 9.11. The summed E-state index contributed by atoms with van der Waals surface area (Å²) in [4.78, 5) is 1.38. The number of rotatable bonds is 6. The van der Waals surface area contributed by atoms with E-state index in [2.05, 4.69) is 63.3 Å². The number of thiophene rings is 1. The van der Waals surface area contributed by atoms with Crippen LogP contribution in [0.2, 0.25) is 0 Å². The second-order valence-electron chi connectivity index (χ2n) is 4.07. The molecular formula is C13H17BrN2S. The van der Waals surface area contributed by atoms with Crippen molar-refractivity contribution in [1.82, 2.24) is 9.88 Å². The molecule has 92 valence electrons. The first kappa shape index (κ1) is 12.9. The summed E-state index contributed by atoms with van der Waals surface area (Å²) >= 11 is 5.29. The van der Waals surface area contributed by atoms with Gasteiger partial charge >= 0.3 is 0 Å². The molecule has 0 aliphatic carbocycles. The highest BCUT2D eigenvalue weighted by atomic mass is 79.9. The molecule has 0 bridgehead atoms. The summed E-state index contributed by atoms with van der Waals surface area (Å²) in [5.74, 6) is 0. The van der Waals surface area contributed by atoms with Crippen LogP contribution in [0.15, 0.2) is 34.4 Å². The smallest absolute Gasteiger partial charge is 0.0702 e. The Morgan fingerprint density at radius 3 is 2.94 bits per heavy atom. The Kier molecular flexibility index (Phi) is 4.83. The van der Waals surface area contributed by atoms with Crippen molar-refractivity contribution in [3.63, 3.8) is 0 Å². The molecule has 0 saturated heterocycles. The standard InChI is InChI=1S/C13H17BrN2S/c1-2-6-15-8-11-5-7-16(9-11)10-12-3-4-13(14)17-12/h3-5,7,9,15H,2,6,8,10H2,1H3. The fourth-order valence-corrected chi connectivity index (χ4v) is 3.21. The van der Waals surface area contributed by atoms with Gasteiger partial charge in [-0.15, -0.1) is 11.3 Å². The molecule has 0 unspecified atom stereocenters. The van der Waals surface area contributed by atoms with E-state index >= 15 is 0 Å². The zero-order valence-corrected chi connectivity index (χ0v) is 12.4. The van der Waals surface area contributed by atoms with Gasteiger partial charge in [0.15, 0.2) is 0 Å². The molecule has 0 amide bonds. The average molecular weight is 313 g/mol. The van der Waals surface area contributed by atoms with Crippen molar-refractivity contribution in [3.05, 3.63) is 44.8 Å². The number of nitrogens with one attached hydrogen (secondary N) is 1. The molecule has 2 aromatic heterocycles. The minimum Gasteiger partial charge on any atom is -0.349 e. The molecule has 1 N–H and O–H groups in total. The third-order valence-corrected chi connectivity index (χ3v) is 4.14. The van der Waals surface area contributed by atoms with Crippen molar-refractivity contribution in [3.8, 4) is 0 Å². The fourth-order valence-electron chi connectivity index (χ4n) is 1.72. The SMILES string of the molecule is CCCNCc1ccn(Cc2ccc(Br)s2)c1. The number of aromatic nitrogens is 1. The predicted molar refractivity (Wildman–Crippen MR) is 77.6 cm³/mol. The van der Waals surface area contributed by atoms with E-state index < -0.39 is 0 Å². The van der Waals surface area contributed by atoms with E-state index in [1.807, 2.05) is 0 Å². The minimum atomic E-state index is 0.962. The van der Waals surface area contributed by atoms with Gasteiger partial charge in [-0.3, -0.25) is 0 Å². The molecule has 2 nitrogen and oxygen atoms in total. The Balaban J connectivity index is 1.89. The maximum atomic E-state index is 3.49. The van der Waals surface area contributed by atoms with Crippen LogP contribution in [-0.2, 0) is 13.1 Å². The van der Waals surface area contributed by atoms with Gasteiger partial charge in [0.1, 0.15) is 0 Å². The molecule has 2 aromatic rings. The Morgan fingerprint density at radius 2 is 2.24 bits per heavy atom. The molecule has 2 heterocycles. The molecule has 0 atom stereocenters. The van der Waals surface area contributed by atoms with Gasteiger partial charge in [0, 0.05) is 23.8 Å². The molecule has 0 spiro atoms. The van der Waals surface area contributed by atoms with E-state index in [1.54, 1.807) is 11.3 Å². The lowest BCUT2D eigenvalue weighted by Crippen LogP contribution is -2.13. The molecule has 0 radical (unpaired) electrons. The molecule has 17 heavy (non-hydrogen) atoms. The largest absolute Gasteiger partial charge is 0.349 e. The highest BCUT2D eigenvalue weighted by Crippen LogP contribution is 2.22. The molecule has 2 rings (SSSR count). The summed E-state index contributed by atoms with van der Waals surface area (Å²) < 4.78 is 3.44. The number of nitrogens with zero attached hydrogens (tertiary/aromatic N) is 1. The van der Waals surface area contributed by atoms with Crippen LogP contribution in [0.1, 0.15) is 23.8 Å². The molecule has 0 aliphatic rings. The fraction of sp³-hybridized carbons (Fsp3) is 0.385. The lowest BCUT2D eigenvalue weighted by atomic mass is 10.3. The van der Waals surface area contributed by atoms with E-state index in [4.69, 9.17) is 0 Å². The molecule has 0 fully saturated rings. The van der Waals surface area contributed by atoms with Crippen molar-refractivity contribution < 1.29 is 0 Å². The maximum Gasteiger partial charge on any atom is 0.0702 e. The third-order valence-electron chi connectivity index (χ3n) is 2.53. The van der Waals surface area contributed by atoms with E-state index in [9.17, 15) is 0 Å². The van der Waals surface area contributed by atoms with Gasteiger partial charge in [-0.05, 0) is 52.7 Å². The first-order valence-corrected chi connectivity index (χ1v) is 7.48. The van der Waals surface area contributed by atoms with E-state index in [1.165, 1.54) is 20.6 Å². The van der Waals surface area contributed by atoms with Gasteiger partial charge in [-0.25, -0.2) is 0 Å². The second kappa shape index (κ2) is 6.38. The van der Waals surface area contributed by atoms with Crippen LogP contribution >= 0.6 is 27.3 Å². The molecule has 0 aromatic carbocycles. The van der Waals surface area contributed by atoms with Gasteiger partial charge in [0.25, 0.3) is 0 Å². The van der Waals surface area contributed by atoms with E-state index in [0.29, 0.717) is 0 Å². The Hall–Kier alpha value is -0.580. The predicted octanol–water partition coefficient (Wildman–Crippen LogP) is 3.86. The summed E-state index contributed by atoms with van der Waals surface area (Å²) in [5, 5.41) is 3.41. The number of hydrogen-bond acceptors (Lipinski definition) is 2. The normalized spacial score (nSPS) is 10.9.